The molecule has 68 valence electrons. The average molecular weight is 167 g/mol. The molecule has 2 heteroatoms. The predicted molar refractivity (Wildman–Crippen MR) is 49.9 cm³/mol. The van der Waals surface area contributed by atoms with Crippen molar-refractivity contribution in [1.29, 1.82) is 0 Å². The molecule has 1 heterocycles. The second-order valence-corrected chi connectivity index (χ2v) is 3.24. The van der Waals surface area contributed by atoms with Crippen molar-refractivity contribution in [1.82, 2.24) is 0 Å². The Labute approximate surface area is 73.8 Å². The van der Waals surface area contributed by atoms with Crippen LogP contribution in [0.5, 0.6) is 0 Å². The van der Waals surface area contributed by atoms with Crippen molar-refractivity contribution >= 4 is 0 Å². The Morgan fingerprint density at radius 2 is 2.33 bits per heavy atom. The number of hydrogen-bond donors (Lipinski definition) is 1. The van der Waals surface area contributed by atoms with Gasteiger partial charge in [0.05, 0.1) is 6.26 Å². The second kappa shape index (κ2) is 4.31. The van der Waals surface area contributed by atoms with Crippen molar-refractivity contribution in [3.8, 4) is 0 Å². The minimum atomic E-state index is 0.155. The highest BCUT2D eigenvalue weighted by molar-refractivity contribution is 5.15. The van der Waals surface area contributed by atoms with Crippen molar-refractivity contribution in [3.63, 3.8) is 0 Å². The molecular weight excluding hydrogens is 150 g/mol. The van der Waals surface area contributed by atoms with Crippen LogP contribution in [0.1, 0.15) is 43.6 Å². The molecule has 1 aromatic heterocycles. The van der Waals surface area contributed by atoms with E-state index in [1.807, 2.05) is 13.0 Å². The Kier molecular flexibility index (Phi) is 3.35. The third-order valence-electron chi connectivity index (χ3n) is 2.05. The summed E-state index contributed by atoms with van der Waals surface area (Å²) in [4.78, 5) is 0. The number of nitrogens with two attached hydrogens (primary N) is 1. The van der Waals surface area contributed by atoms with Crippen molar-refractivity contribution < 1.29 is 4.42 Å². The van der Waals surface area contributed by atoms with Crippen molar-refractivity contribution in [2.75, 3.05) is 0 Å². The summed E-state index contributed by atoms with van der Waals surface area (Å²) in [5.41, 5.74) is 7.06. The van der Waals surface area contributed by atoms with Gasteiger partial charge in [0.1, 0.15) is 5.76 Å². The zero-order chi connectivity index (χ0) is 8.97. The summed E-state index contributed by atoms with van der Waals surface area (Å²) < 4.78 is 5.19. The lowest BCUT2D eigenvalue weighted by atomic mass is 10.1. The van der Waals surface area contributed by atoms with Gasteiger partial charge in [-0.15, -0.1) is 0 Å². The summed E-state index contributed by atoms with van der Waals surface area (Å²) in [7, 11) is 0. The molecule has 1 atom stereocenters. The first-order valence-electron chi connectivity index (χ1n) is 4.54. The molecule has 0 radical (unpaired) electrons. The summed E-state index contributed by atoms with van der Waals surface area (Å²) in [6.45, 7) is 4.11. The van der Waals surface area contributed by atoms with Crippen molar-refractivity contribution in [2.45, 2.75) is 39.2 Å². The number of unbranched alkanes of at least 4 members (excludes halogenated alkanes) is 1. The Morgan fingerprint density at radius 1 is 1.58 bits per heavy atom. The zero-order valence-electron chi connectivity index (χ0n) is 7.84. The van der Waals surface area contributed by atoms with E-state index in [1.54, 1.807) is 6.26 Å². The standard InChI is InChI=1S/C10H17NO/c1-3-4-5-10(11)9-6-8(2)12-7-9/h6-7,10H,3-5,11H2,1-2H3. The Balaban J connectivity index is 2.47. The van der Waals surface area contributed by atoms with Gasteiger partial charge in [-0.1, -0.05) is 19.8 Å². The molecule has 0 aliphatic carbocycles. The van der Waals surface area contributed by atoms with Gasteiger partial charge in [-0.2, -0.15) is 0 Å². The molecule has 0 aromatic carbocycles. The highest BCUT2D eigenvalue weighted by Crippen LogP contribution is 2.18. The average Bonchev–Trinajstić information content (AvgIpc) is 2.47. The number of furan rings is 1. The van der Waals surface area contributed by atoms with Gasteiger partial charge in [-0.25, -0.2) is 0 Å². The van der Waals surface area contributed by atoms with Gasteiger partial charge >= 0.3 is 0 Å². The second-order valence-electron chi connectivity index (χ2n) is 3.24. The molecule has 0 amide bonds. The van der Waals surface area contributed by atoms with Crippen LogP contribution in [-0.4, -0.2) is 0 Å². The zero-order valence-corrected chi connectivity index (χ0v) is 7.84. The predicted octanol–water partition coefficient (Wildman–Crippen LogP) is 2.78. The molecule has 0 spiro atoms. The largest absolute Gasteiger partial charge is 0.469 e. The molecule has 0 fully saturated rings. The molecule has 0 saturated carbocycles. The summed E-state index contributed by atoms with van der Waals surface area (Å²) in [5, 5.41) is 0. The van der Waals surface area contributed by atoms with Crippen LogP contribution in [0, 0.1) is 6.92 Å². The maximum Gasteiger partial charge on any atom is 0.101 e. The maximum absolute atomic E-state index is 5.93. The Bertz CT molecular complexity index is 229. The first-order valence-corrected chi connectivity index (χ1v) is 4.54. The van der Waals surface area contributed by atoms with Gasteiger partial charge in [0, 0.05) is 11.6 Å². The number of aryl methyl sites for hydroxylation is 1. The normalized spacial score (nSPS) is 13.2. The topological polar surface area (TPSA) is 39.2 Å². The fourth-order valence-corrected chi connectivity index (χ4v) is 1.25. The minimum Gasteiger partial charge on any atom is -0.469 e. The van der Waals surface area contributed by atoms with Gasteiger partial charge in [-0.05, 0) is 19.4 Å². The van der Waals surface area contributed by atoms with Crippen LogP contribution in [-0.2, 0) is 0 Å². The fraction of sp³-hybridized carbons (Fsp3) is 0.600. The summed E-state index contributed by atoms with van der Waals surface area (Å²) in [5.74, 6) is 0.942. The van der Waals surface area contributed by atoms with Crippen LogP contribution in [0.25, 0.3) is 0 Å². The van der Waals surface area contributed by atoms with Gasteiger partial charge in [-0.3, -0.25) is 0 Å². The molecule has 12 heavy (non-hydrogen) atoms. The lowest BCUT2D eigenvalue weighted by molar-refractivity contribution is 0.524. The lowest BCUT2D eigenvalue weighted by Crippen LogP contribution is -2.08. The van der Waals surface area contributed by atoms with Gasteiger partial charge < -0.3 is 10.2 Å². The molecule has 0 aliphatic heterocycles. The SMILES string of the molecule is CCCCC(N)c1coc(C)c1. The van der Waals surface area contributed by atoms with E-state index in [-0.39, 0.29) is 6.04 Å². The van der Waals surface area contributed by atoms with Crippen LogP contribution >= 0.6 is 0 Å². The van der Waals surface area contributed by atoms with Crippen LogP contribution < -0.4 is 5.73 Å². The van der Waals surface area contributed by atoms with E-state index in [4.69, 9.17) is 10.2 Å². The van der Waals surface area contributed by atoms with E-state index in [2.05, 4.69) is 6.92 Å². The molecule has 1 unspecified atom stereocenters. The molecule has 2 nitrogen and oxygen atoms in total. The molecule has 0 bridgehead atoms. The van der Waals surface area contributed by atoms with E-state index < -0.39 is 0 Å². The van der Waals surface area contributed by atoms with Gasteiger partial charge in [0.15, 0.2) is 0 Å². The quantitative estimate of drug-likeness (QED) is 0.748. The third-order valence-corrected chi connectivity index (χ3v) is 2.05. The number of rotatable bonds is 4. The molecule has 0 aliphatic rings. The van der Waals surface area contributed by atoms with Crippen molar-refractivity contribution in [3.05, 3.63) is 23.7 Å². The van der Waals surface area contributed by atoms with E-state index in [0.29, 0.717) is 0 Å². The molecule has 1 aromatic rings. The Morgan fingerprint density at radius 3 is 2.83 bits per heavy atom. The smallest absolute Gasteiger partial charge is 0.101 e. The van der Waals surface area contributed by atoms with Crippen LogP contribution in [0.3, 0.4) is 0 Å². The number of hydrogen-bond acceptors (Lipinski definition) is 2. The van der Waals surface area contributed by atoms with Crippen molar-refractivity contribution in [2.24, 2.45) is 5.73 Å². The first kappa shape index (κ1) is 9.33. The third kappa shape index (κ3) is 2.38. The van der Waals surface area contributed by atoms with E-state index >= 15 is 0 Å². The summed E-state index contributed by atoms with van der Waals surface area (Å²) >= 11 is 0. The van der Waals surface area contributed by atoms with E-state index in [1.165, 1.54) is 12.8 Å². The fourth-order valence-electron chi connectivity index (χ4n) is 1.25. The van der Waals surface area contributed by atoms with Crippen LogP contribution in [0.4, 0.5) is 0 Å². The summed E-state index contributed by atoms with van der Waals surface area (Å²) in [6, 6.07) is 2.17. The van der Waals surface area contributed by atoms with E-state index in [0.717, 1.165) is 17.7 Å². The van der Waals surface area contributed by atoms with E-state index in [9.17, 15) is 0 Å². The maximum atomic E-state index is 5.93. The first-order chi connectivity index (χ1) is 5.74. The van der Waals surface area contributed by atoms with Gasteiger partial charge in [0.2, 0.25) is 0 Å². The monoisotopic (exact) mass is 167 g/mol. The molecule has 1 rings (SSSR count). The Hall–Kier alpha value is -0.760. The van der Waals surface area contributed by atoms with Crippen LogP contribution in [0.2, 0.25) is 0 Å². The summed E-state index contributed by atoms with van der Waals surface area (Å²) in [6.07, 6.45) is 5.20. The minimum absolute atomic E-state index is 0.155. The highest BCUT2D eigenvalue weighted by atomic mass is 16.3. The highest BCUT2D eigenvalue weighted by Gasteiger charge is 2.07. The molecule has 0 saturated heterocycles. The van der Waals surface area contributed by atoms with Crippen LogP contribution in [0.15, 0.2) is 16.7 Å². The lowest BCUT2D eigenvalue weighted by Gasteiger charge is -2.06. The molecule has 2 N–H and O–H groups in total. The molecular formula is C10H17NO. The van der Waals surface area contributed by atoms with Gasteiger partial charge in [0.25, 0.3) is 0 Å².